The Hall–Kier alpha value is -1.02. The van der Waals surface area contributed by atoms with Crippen molar-refractivity contribution in [3.05, 3.63) is 29.8 Å². The highest BCUT2D eigenvalue weighted by Gasteiger charge is 2.24. The van der Waals surface area contributed by atoms with Gasteiger partial charge in [0.05, 0.1) is 12.2 Å². The Kier molecular flexibility index (Phi) is 3.06. The molecule has 1 atom stereocenters. The van der Waals surface area contributed by atoms with Crippen molar-refractivity contribution in [1.82, 2.24) is 0 Å². The molecule has 92 valence electrons. The third kappa shape index (κ3) is 2.81. The third-order valence-corrected chi connectivity index (χ3v) is 3.85. The average Bonchev–Trinajstić information content (AvgIpc) is 3.07. The standard InChI is InChI=1S/C15H20O2/c16-15(9-11-3-1-4-11)12-5-2-6-14(10-12)17-13-7-8-13/h2,5-6,10-11,13,15-16H,1,3-4,7-9H2. The van der Waals surface area contributed by atoms with Gasteiger partial charge in [-0.3, -0.25) is 0 Å². The molecule has 0 bridgehead atoms. The minimum atomic E-state index is -0.317. The van der Waals surface area contributed by atoms with E-state index in [1.165, 1.54) is 32.1 Å². The summed E-state index contributed by atoms with van der Waals surface area (Å²) in [5, 5.41) is 10.2. The normalized spacial score (nSPS) is 21.9. The van der Waals surface area contributed by atoms with Gasteiger partial charge in [0.15, 0.2) is 0 Å². The van der Waals surface area contributed by atoms with Crippen molar-refractivity contribution in [2.45, 2.75) is 50.7 Å². The van der Waals surface area contributed by atoms with E-state index in [4.69, 9.17) is 4.74 Å². The topological polar surface area (TPSA) is 29.5 Å². The summed E-state index contributed by atoms with van der Waals surface area (Å²) in [7, 11) is 0. The fraction of sp³-hybridized carbons (Fsp3) is 0.600. The van der Waals surface area contributed by atoms with Gasteiger partial charge in [-0.1, -0.05) is 31.4 Å². The first-order valence-corrected chi connectivity index (χ1v) is 6.76. The van der Waals surface area contributed by atoms with Gasteiger partial charge in [-0.25, -0.2) is 0 Å². The smallest absolute Gasteiger partial charge is 0.120 e. The minimum absolute atomic E-state index is 0.317. The van der Waals surface area contributed by atoms with Crippen LogP contribution in [0.3, 0.4) is 0 Å². The SMILES string of the molecule is OC(CC1CCC1)c1cccc(OC2CC2)c1. The van der Waals surface area contributed by atoms with Crippen LogP contribution in [0.4, 0.5) is 0 Å². The molecule has 1 aromatic carbocycles. The van der Waals surface area contributed by atoms with E-state index >= 15 is 0 Å². The van der Waals surface area contributed by atoms with Gasteiger partial charge in [0.1, 0.15) is 5.75 Å². The van der Waals surface area contributed by atoms with E-state index in [1.807, 2.05) is 24.3 Å². The summed E-state index contributed by atoms with van der Waals surface area (Å²) in [4.78, 5) is 0. The van der Waals surface area contributed by atoms with Crippen LogP contribution in [0.15, 0.2) is 24.3 Å². The predicted octanol–water partition coefficient (Wildman–Crippen LogP) is 3.45. The van der Waals surface area contributed by atoms with Crippen molar-refractivity contribution in [2.24, 2.45) is 5.92 Å². The largest absolute Gasteiger partial charge is 0.490 e. The average molecular weight is 232 g/mol. The lowest BCUT2D eigenvalue weighted by atomic mass is 9.80. The van der Waals surface area contributed by atoms with Crippen LogP contribution in [0.2, 0.25) is 0 Å². The van der Waals surface area contributed by atoms with Crippen LogP contribution in [0.1, 0.15) is 50.2 Å². The summed E-state index contributed by atoms with van der Waals surface area (Å²) in [5.41, 5.74) is 1.01. The highest BCUT2D eigenvalue weighted by molar-refractivity contribution is 5.30. The fourth-order valence-corrected chi connectivity index (χ4v) is 2.35. The molecular formula is C15H20O2. The lowest BCUT2D eigenvalue weighted by Gasteiger charge is -2.27. The monoisotopic (exact) mass is 232 g/mol. The maximum atomic E-state index is 10.2. The molecule has 2 aliphatic rings. The molecule has 17 heavy (non-hydrogen) atoms. The second kappa shape index (κ2) is 4.69. The Labute approximate surface area is 103 Å². The van der Waals surface area contributed by atoms with Crippen molar-refractivity contribution < 1.29 is 9.84 Å². The molecule has 2 saturated carbocycles. The van der Waals surface area contributed by atoms with Crippen LogP contribution < -0.4 is 4.74 Å². The Morgan fingerprint density at radius 1 is 1.24 bits per heavy atom. The van der Waals surface area contributed by atoms with Crippen molar-refractivity contribution in [3.8, 4) is 5.75 Å². The summed E-state index contributed by atoms with van der Waals surface area (Å²) >= 11 is 0. The number of ether oxygens (including phenoxy) is 1. The molecular weight excluding hydrogens is 212 g/mol. The van der Waals surface area contributed by atoms with E-state index in [0.717, 1.165) is 23.7 Å². The molecule has 0 heterocycles. The van der Waals surface area contributed by atoms with E-state index in [9.17, 15) is 5.11 Å². The number of benzene rings is 1. The summed E-state index contributed by atoms with van der Waals surface area (Å²) in [6.45, 7) is 0. The van der Waals surface area contributed by atoms with Crippen LogP contribution in [0, 0.1) is 5.92 Å². The van der Waals surface area contributed by atoms with Gasteiger partial charge in [-0.05, 0) is 42.9 Å². The molecule has 2 heteroatoms. The molecule has 1 unspecified atom stereocenters. The quantitative estimate of drug-likeness (QED) is 0.842. The van der Waals surface area contributed by atoms with Crippen molar-refractivity contribution in [2.75, 3.05) is 0 Å². The van der Waals surface area contributed by atoms with Crippen LogP contribution in [-0.4, -0.2) is 11.2 Å². The van der Waals surface area contributed by atoms with Gasteiger partial charge < -0.3 is 9.84 Å². The van der Waals surface area contributed by atoms with Gasteiger partial charge in [-0.15, -0.1) is 0 Å². The van der Waals surface area contributed by atoms with Crippen LogP contribution in [0.5, 0.6) is 5.75 Å². The summed E-state index contributed by atoms with van der Waals surface area (Å²) < 4.78 is 5.75. The Morgan fingerprint density at radius 3 is 2.71 bits per heavy atom. The van der Waals surface area contributed by atoms with Gasteiger partial charge in [0, 0.05) is 0 Å². The van der Waals surface area contributed by atoms with E-state index in [1.54, 1.807) is 0 Å². The van der Waals surface area contributed by atoms with Crippen LogP contribution in [-0.2, 0) is 0 Å². The van der Waals surface area contributed by atoms with E-state index in [0.29, 0.717) is 6.10 Å². The first-order chi connectivity index (χ1) is 8.31. The summed E-state index contributed by atoms with van der Waals surface area (Å²) in [6.07, 6.45) is 7.28. The number of aliphatic hydroxyl groups excluding tert-OH is 1. The molecule has 1 N–H and O–H groups in total. The van der Waals surface area contributed by atoms with Gasteiger partial charge in [0.25, 0.3) is 0 Å². The van der Waals surface area contributed by atoms with Crippen LogP contribution >= 0.6 is 0 Å². The second-order valence-electron chi connectivity index (χ2n) is 5.44. The second-order valence-corrected chi connectivity index (χ2v) is 5.44. The maximum Gasteiger partial charge on any atom is 0.120 e. The number of rotatable bonds is 5. The zero-order valence-corrected chi connectivity index (χ0v) is 10.1. The maximum absolute atomic E-state index is 10.2. The van der Waals surface area contributed by atoms with Crippen molar-refractivity contribution >= 4 is 0 Å². The molecule has 0 aliphatic heterocycles. The molecule has 2 fully saturated rings. The third-order valence-electron chi connectivity index (χ3n) is 3.85. The van der Waals surface area contributed by atoms with Gasteiger partial charge in [-0.2, -0.15) is 0 Å². The zero-order valence-electron chi connectivity index (χ0n) is 10.1. The van der Waals surface area contributed by atoms with Crippen molar-refractivity contribution in [3.63, 3.8) is 0 Å². The number of hydrogen-bond donors (Lipinski definition) is 1. The molecule has 2 nitrogen and oxygen atoms in total. The van der Waals surface area contributed by atoms with E-state index in [-0.39, 0.29) is 6.10 Å². The summed E-state index contributed by atoms with van der Waals surface area (Å²) in [5.74, 6) is 1.65. The molecule has 0 spiro atoms. The Balaban J connectivity index is 1.63. The van der Waals surface area contributed by atoms with E-state index in [2.05, 4.69) is 0 Å². The highest BCUT2D eigenvalue weighted by Crippen LogP contribution is 2.35. The highest BCUT2D eigenvalue weighted by atomic mass is 16.5. The van der Waals surface area contributed by atoms with Gasteiger partial charge in [0.2, 0.25) is 0 Å². The first-order valence-electron chi connectivity index (χ1n) is 6.76. The molecule has 0 amide bonds. The molecule has 1 aromatic rings. The summed E-state index contributed by atoms with van der Waals surface area (Å²) in [6, 6.07) is 7.97. The molecule has 0 radical (unpaired) electrons. The van der Waals surface area contributed by atoms with E-state index < -0.39 is 0 Å². The Morgan fingerprint density at radius 2 is 2.06 bits per heavy atom. The predicted molar refractivity (Wildman–Crippen MR) is 67.0 cm³/mol. The Bertz CT molecular complexity index is 380. The molecule has 0 aromatic heterocycles. The molecule has 2 aliphatic carbocycles. The molecule has 0 saturated heterocycles. The lowest BCUT2D eigenvalue weighted by Crippen LogP contribution is -2.14. The number of hydrogen-bond acceptors (Lipinski definition) is 2. The first kappa shape index (κ1) is 11.1. The van der Waals surface area contributed by atoms with Crippen molar-refractivity contribution in [1.29, 1.82) is 0 Å². The fourth-order valence-electron chi connectivity index (χ4n) is 2.35. The molecule has 3 rings (SSSR count). The minimum Gasteiger partial charge on any atom is -0.490 e. The number of aliphatic hydroxyl groups is 1. The zero-order chi connectivity index (χ0) is 11.7. The van der Waals surface area contributed by atoms with Gasteiger partial charge >= 0.3 is 0 Å². The van der Waals surface area contributed by atoms with Crippen LogP contribution in [0.25, 0.3) is 0 Å². The lowest BCUT2D eigenvalue weighted by molar-refractivity contribution is 0.118.